The number of aromatic hydroxyl groups is 1. The van der Waals surface area contributed by atoms with Crippen molar-refractivity contribution >= 4 is 35.0 Å². The Morgan fingerprint density at radius 2 is 1.60 bits per heavy atom. The van der Waals surface area contributed by atoms with Gasteiger partial charge in [-0.25, -0.2) is 4.79 Å². The average molecular weight is 603 g/mol. The van der Waals surface area contributed by atoms with Crippen LogP contribution in [0.25, 0.3) is 5.57 Å². The summed E-state index contributed by atoms with van der Waals surface area (Å²) in [7, 11) is 1.42. The Labute approximate surface area is 259 Å². The number of carbonyl (C=O) groups excluding carboxylic acids is 5. The van der Waals surface area contributed by atoms with E-state index in [9.17, 15) is 29.1 Å². The Hall–Kier alpha value is -5.31. The number of para-hydroxylation sites is 1. The molecule has 9 nitrogen and oxygen atoms in total. The van der Waals surface area contributed by atoms with Crippen molar-refractivity contribution in [3.63, 3.8) is 0 Å². The number of carbonyl (C=O) groups is 5. The van der Waals surface area contributed by atoms with Gasteiger partial charge in [0, 0.05) is 23.0 Å². The van der Waals surface area contributed by atoms with Crippen LogP contribution in [-0.4, -0.2) is 46.5 Å². The van der Waals surface area contributed by atoms with Crippen LogP contribution in [0, 0.1) is 23.7 Å². The lowest BCUT2D eigenvalue weighted by Gasteiger charge is -2.55. The molecular weight excluding hydrogens is 572 g/mol. The zero-order chi connectivity index (χ0) is 31.6. The number of hydrogen-bond donors (Lipinski definition) is 2. The highest BCUT2D eigenvalue weighted by Crippen LogP contribution is 2.64. The van der Waals surface area contributed by atoms with Gasteiger partial charge >= 0.3 is 6.03 Å². The minimum atomic E-state index is -1.50. The molecule has 45 heavy (non-hydrogen) atoms. The topological polar surface area (TPSA) is 144 Å². The van der Waals surface area contributed by atoms with Gasteiger partial charge in [0.1, 0.15) is 0 Å². The number of methoxy groups -OCH3 is 1. The van der Waals surface area contributed by atoms with Crippen molar-refractivity contribution in [3.05, 3.63) is 113 Å². The van der Waals surface area contributed by atoms with Crippen LogP contribution in [0.5, 0.6) is 11.5 Å². The molecule has 3 aromatic rings. The number of nitrogens with two attached hydrogens (primary N) is 1. The third-order valence-electron chi connectivity index (χ3n) is 10.2. The van der Waals surface area contributed by atoms with E-state index in [-0.39, 0.29) is 41.5 Å². The summed E-state index contributed by atoms with van der Waals surface area (Å²) in [5.41, 5.74) is 6.44. The van der Waals surface area contributed by atoms with Crippen LogP contribution in [0.2, 0.25) is 0 Å². The molecule has 6 atom stereocenters. The molecule has 2 fully saturated rings. The van der Waals surface area contributed by atoms with E-state index in [0.29, 0.717) is 27.2 Å². The number of rotatable bonds is 4. The van der Waals surface area contributed by atoms with Gasteiger partial charge in [0.05, 0.1) is 24.4 Å². The van der Waals surface area contributed by atoms with Gasteiger partial charge < -0.3 is 15.6 Å². The normalized spacial score (nSPS) is 28.9. The van der Waals surface area contributed by atoms with Gasteiger partial charge in [0.15, 0.2) is 23.1 Å². The molecule has 0 spiro atoms. The lowest BCUT2D eigenvalue weighted by molar-refractivity contribution is -0.137. The standard InChI is InChI=1S/C36H30N2O7/c1-45-27-14-8-13-23(32(27)41)30-21-15-16-22-29(34(43)38(33(22)42)35(37)44)25(21)17-26-31(40)24(19-9-4-2-5-10-19)18-28(39)36(26,30)20-11-6-3-7-12-20/h2-15,18,22,25-26,29-30,41H,16-17H2,1H3,(H2,37,44)/t22-,25+,26-,29-,30+,36-/m0/s1. The van der Waals surface area contributed by atoms with Crippen LogP contribution in [0.3, 0.4) is 0 Å². The summed E-state index contributed by atoms with van der Waals surface area (Å²) < 4.78 is 5.46. The Bertz CT molecular complexity index is 1850. The molecule has 0 unspecified atom stereocenters. The summed E-state index contributed by atoms with van der Waals surface area (Å²) >= 11 is 0. The maximum atomic E-state index is 14.9. The number of imide groups is 3. The van der Waals surface area contributed by atoms with Gasteiger partial charge in [-0.1, -0.05) is 84.4 Å². The number of ketones is 2. The van der Waals surface area contributed by atoms with Crippen LogP contribution in [-0.2, 0) is 24.6 Å². The minimum absolute atomic E-state index is 0.0729. The predicted molar refractivity (Wildman–Crippen MR) is 163 cm³/mol. The van der Waals surface area contributed by atoms with Crippen molar-refractivity contribution in [1.29, 1.82) is 0 Å². The lowest BCUT2D eigenvalue weighted by atomic mass is 9.44. The SMILES string of the molecule is COc1cccc([C@H]2C3=CC[C@@H]4C(=O)N(C(N)=O)C(=O)[C@@H]4[C@@H]3C[C@H]3C(=O)C(c4ccccc4)=CC(=O)[C@@]23c2ccccc2)c1O. The third-order valence-corrected chi connectivity index (χ3v) is 10.2. The van der Waals surface area contributed by atoms with E-state index < -0.39 is 52.8 Å². The molecule has 226 valence electrons. The predicted octanol–water partition coefficient (Wildman–Crippen LogP) is 4.30. The molecule has 3 aliphatic carbocycles. The first-order valence-electron chi connectivity index (χ1n) is 14.9. The number of nitrogens with zero attached hydrogens (tertiary/aromatic N) is 1. The smallest absolute Gasteiger partial charge is 0.328 e. The summed E-state index contributed by atoms with van der Waals surface area (Å²) in [6, 6.07) is 21.9. The second-order valence-corrected chi connectivity index (χ2v) is 12.0. The van der Waals surface area contributed by atoms with Crippen molar-refractivity contribution in [2.45, 2.75) is 24.2 Å². The van der Waals surface area contributed by atoms with Gasteiger partial charge in [-0.15, -0.1) is 0 Å². The molecule has 7 rings (SSSR count). The Kier molecular flexibility index (Phi) is 6.58. The Balaban J connectivity index is 1.53. The zero-order valence-corrected chi connectivity index (χ0v) is 24.4. The first kappa shape index (κ1) is 28.5. The van der Waals surface area contributed by atoms with E-state index in [0.717, 1.165) is 0 Å². The number of urea groups is 1. The van der Waals surface area contributed by atoms with Crippen molar-refractivity contribution in [1.82, 2.24) is 4.90 Å². The molecule has 9 heteroatoms. The lowest BCUT2D eigenvalue weighted by Crippen LogP contribution is -2.58. The molecule has 1 aliphatic heterocycles. The highest BCUT2D eigenvalue weighted by molar-refractivity contribution is 6.31. The molecule has 1 saturated heterocycles. The number of ether oxygens (including phenoxy) is 1. The summed E-state index contributed by atoms with van der Waals surface area (Å²) in [5, 5.41) is 11.6. The average Bonchev–Trinajstić information content (AvgIpc) is 3.32. The summed E-state index contributed by atoms with van der Waals surface area (Å²) in [6.07, 6.45) is 3.47. The van der Waals surface area contributed by atoms with Gasteiger partial charge in [-0.2, -0.15) is 4.90 Å². The third kappa shape index (κ3) is 3.89. The van der Waals surface area contributed by atoms with Crippen LogP contribution in [0.4, 0.5) is 4.79 Å². The van der Waals surface area contributed by atoms with Crippen molar-refractivity contribution in [2.24, 2.45) is 29.4 Å². The molecule has 0 bridgehead atoms. The van der Waals surface area contributed by atoms with Gasteiger partial charge in [0.25, 0.3) is 0 Å². The van der Waals surface area contributed by atoms with E-state index in [4.69, 9.17) is 10.5 Å². The van der Waals surface area contributed by atoms with Gasteiger partial charge in [-0.05, 0) is 42.0 Å². The number of benzene rings is 3. The summed E-state index contributed by atoms with van der Waals surface area (Å²) in [6.45, 7) is 0. The van der Waals surface area contributed by atoms with Crippen molar-refractivity contribution in [2.75, 3.05) is 7.11 Å². The molecule has 4 aliphatic rings. The monoisotopic (exact) mass is 602 g/mol. The zero-order valence-electron chi connectivity index (χ0n) is 24.4. The second kappa shape index (κ2) is 10.4. The summed E-state index contributed by atoms with van der Waals surface area (Å²) in [4.78, 5) is 69.5. The van der Waals surface area contributed by atoms with E-state index in [1.807, 2.05) is 30.3 Å². The van der Waals surface area contributed by atoms with Crippen LogP contribution < -0.4 is 10.5 Å². The first-order chi connectivity index (χ1) is 21.7. The number of phenolic OH excluding ortho intramolecular Hbond substituents is 1. The number of primary amides is 1. The van der Waals surface area contributed by atoms with Crippen LogP contribution in [0.1, 0.15) is 35.4 Å². The molecule has 3 N–H and O–H groups in total. The first-order valence-corrected chi connectivity index (χ1v) is 14.9. The maximum absolute atomic E-state index is 14.9. The van der Waals surface area contributed by atoms with E-state index >= 15 is 0 Å². The van der Waals surface area contributed by atoms with Crippen LogP contribution >= 0.6 is 0 Å². The van der Waals surface area contributed by atoms with E-state index in [1.54, 1.807) is 54.6 Å². The van der Waals surface area contributed by atoms with E-state index in [1.165, 1.54) is 13.2 Å². The van der Waals surface area contributed by atoms with Crippen LogP contribution in [0.15, 0.2) is 96.6 Å². The maximum Gasteiger partial charge on any atom is 0.328 e. The highest BCUT2D eigenvalue weighted by Gasteiger charge is 2.66. The number of phenols is 1. The number of hydrogen-bond acceptors (Lipinski definition) is 7. The highest BCUT2D eigenvalue weighted by atomic mass is 16.5. The second-order valence-electron chi connectivity index (χ2n) is 12.0. The minimum Gasteiger partial charge on any atom is -0.504 e. The molecule has 3 aromatic carbocycles. The molecule has 1 saturated carbocycles. The molecular formula is C36H30N2O7. The molecule has 4 amide bonds. The molecule has 0 aromatic heterocycles. The number of Topliss-reactive ketones (excluding diaryl/α,β-unsaturated/α-hetero) is 1. The Morgan fingerprint density at radius 1 is 0.911 bits per heavy atom. The summed E-state index contributed by atoms with van der Waals surface area (Å²) in [5.74, 6) is -6.31. The number of allylic oxidation sites excluding steroid dienone is 4. The van der Waals surface area contributed by atoms with Crippen molar-refractivity contribution < 1.29 is 33.8 Å². The quantitative estimate of drug-likeness (QED) is 0.335. The van der Waals surface area contributed by atoms with Gasteiger partial charge in [-0.3, -0.25) is 19.2 Å². The molecule has 1 heterocycles. The number of likely N-dealkylation sites (tertiary alicyclic amines) is 1. The fourth-order valence-electron chi connectivity index (χ4n) is 8.37. The Morgan fingerprint density at radius 3 is 2.27 bits per heavy atom. The van der Waals surface area contributed by atoms with Crippen molar-refractivity contribution in [3.8, 4) is 11.5 Å². The fourth-order valence-corrected chi connectivity index (χ4v) is 8.37. The number of fused-ring (bicyclic) bond motifs is 4. The van der Waals surface area contributed by atoms with E-state index in [2.05, 4.69) is 0 Å². The molecule has 0 radical (unpaired) electrons. The largest absolute Gasteiger partial charge is 0.504 e. The fraction of sp³-hybridized carbons (Fsp3) is 0.250. The van der Waals surface area contributed by atoms with Gasteiger partial charge in [0.2, 0.25) is 11.8 Å². The number of amides is 4.